The number of aliphatic hydroxyl groups excluding tert-OH is 1. The van der Waals surface area contributed by atoms with E-state index in [0.717, 1.165) is 38.7 Å². The average Bonchev–Trinajstić information content (AvgIpc) is 2.44. The summed E-state index contributed by atoms with van der Waals surface area (Å²) in [6, 6.07) is 0. The number of rotatable bonds is 12. The zero-order chi connectivity index (χ0) is 17.8. The molecule has 0 fully saturated rings. The largest absolute Gasteiger partial charge is 0.417 e. The van der Waals surface area contributed by atoms with Crippen molar-refractivity contribution < 1.29 is 9.53 Å². The smallest absolute Gasteiger partial charge is 0.191 e. The fourth-order valence-corrected chi connectivity index (χ4v) is 3.06. The minimum atomic E-state index is -1.57. The maximum atomic E-state index is 9.76. The summed E-state index contributed by atoms with van der Waals surface area (Å²) >= 11 is 0. The molecular weight excluding hydrogens is 300 g/mol. The van der Waals surface area contributed by atoms with E-state index in [0.29, 0.717) is 5.04 Å². The van der Waals surface area contributed by atoms with Gasteiger partial charge in [0.1, 0.15) is 0 Å². The van der Waals surface area contributed by atoms with Gasteiger partial charge in [0.25, 0.3) is 0 Å². The Bertz CT molecular complexity index is 340. The molecule has 1 unspecified atom stereocenters. The van der Waals surface area contributed by atoms with Gasteiger partial charge in [0.15, 0.2) is 8.32 Å². The molecule has 23 heavy (non-hydrogen) atoms. The molecule has 2 nitrogen and oxygen atoms in total. The predicted octanol–water partition coefficient (Wildman–Crippen LogP) is 6.23. The second kappa shape index (κ2) is 12.0. The van der Waals surface area contributed by atoms with Crippen LogP contribution in [0.15, 0.2) is 24.3 Å². The summed E-state index contributed by atoms with van der Waals surface area (Å²) in [5.41, 5.74) is 0. The quantitative estimate of drug-likeness (QED) is 0.259. The first kappa shape index (κ1) is 22.6. The van der Waals surface area contributed by atoms with Gasteiger partial charge in [-0.1, -0.05) is 71.3 Å². The van der Waals surface area contributed by atoms with E-state index in [-0.39, 0.29) is 6.10 Å². The van der Waals surface area contributed by atoms with Crippen LogP contribution in [0.1, 0.15) is 72.6 Å². The average molecular weight is 341 g/mol. The number of allylic oxidation sites excluding steroid dienone is 3. The molecule has 0 radical (unpaired) electrons. The first-order valence-corrected chi connectivity index (χ1v) is 12.3. The number of aliphatic hydroxyl groups is 1. The van der Waals surface area contributed by atoms with Crippen molar-refractivity contribution in [2.24, 2.45) is 0 Å². The molecule has 0 aromatic heterocycles. The third-order valence-electron chi connectivity index (χ3n) is 4.72. The molecule has 1 N–H and O–H groups in total. The van der Waals surface area contributed by atoms with Crippen LogP contribution in [0.5, 0.6) is 0 Å². The van der Waals surface area contributed by atoms with Gasteiger partial charge in [-0.25, -0.2) is 0 Å². The summed E-state index contributed by atoms with van der Waals surface area (Å²) in [5, 5.41) is 10.1. The van der Waals surface area contributed by atoms with Crippen molar-refractivity contribution in [3.05, 3.63) is 24.3 Å². The lowest BCUT2D eigenvalue weighted by Gasteiger charge is -2.36. The summed E-state index contributed by atoms with van der Waals surface area (Å²) in [6.07, 6.45) is 15.6. The summed E-state index contributed by atoms with van der Waals surface area (Å²) in [7, 11) is -1.57. The Kier molecular flexibility index (Phi) is 11.8. The summed E-state index contributed by atoms with van der Waals surface area (Å²) < 4.78 is 6.17. The highest BCUT2D eigenvalue weighted by Gasteiger charge is 2.36. The normalized spacial score (nSPS) is 14.9. The molecule has 136 valence electrons. The van der Waals surface area contributed by atoms with Gasteiger partial charge < -0.3 is 9.53 Å². The molecule has 0 amide bonds. The second-order valence-corrected chi connectivity index (χ2v) is 12.8. The molecule has 0 aliphatic carbocycles. The van der Waals surface area contributed by atoms with Gasteiger partial charge in [-0.05, 0) is 43.8 Å². The van der Waals surface area contributed by atoms with Crippen LogP contribution in [-0.2, 0) is 4.43 Å². The lowest BCUT2D eigenvalue weighted by molar-refractivity contribution is 0.208. The van der Waals surface area contributed by atoms with Crippen LogP contribution < -0.4 is 0 Å². The highest BCUT2D eigenvalue weighted by molar-refractivity contribution is 6.74. The maximum Gasteiger partial charge on any atom is 0.191 e. The van der Waals surface area contributed by atoms with Crippen molar-refractivity contribution in [3.8, 4) is 0 Å². The lowest BCUT2D eigenvalue weighted by atomic mass is 10.1. The second-order valence-electron chi connectivity index (χ2n) is 7.98. The van der Waals surface area contributed by atoms with Gasteiger partial charge in [-0.15, -0.1) is 0 Å². The van der Waals surface area contributed by atoms with Gasteiger partial charge in [-0.3, -0.25) is 0 Å². The Labute approximate surface area is 146 Å². The van der Waals surface area contributed by atoms with E-state index in [1.165, 1.54) is 12.8 Å². The Hall–Kier alpha value is -0.383. The number of hydrogen-bond acceptors (Lipinski definition) is 2. The Morgan fingerprint density at radius 3 is 2.35 bits per heavy atom. The fourth-order valence-electron chi connectivity index (χ4n) is 1.97. The molecule has 0 aliphatic rings. The van der Waals surface area contributed by atoms with Crippen molar-refractivity contribution in [1.82, 2.24) is 0 Å². The number of unbranched alkanes of at least 4 members (excludes halogenated alkanes) is 4. The standard InChI is InChI=1S/C20H40O2Si/c1-7-8-13-16-19(21)17-14-11-9-10-12-15-18-22-23(5,6)20(2,3)4/h9,11,14,17,19,21H,7-8,10,12-13,15-16,18H2,1-6H3/b11-9+,17-14-. The van der Waals surface area contributed by atoms with E-state index in [1.807, 2.05) is 12.2 Å². The SMILES string of the molecule is CCCCCC(O)/C=C\C=C\CCCCO[Si](C)(C)C(C)(C)C. The first-order valence-electron chi connectivity index (χ1n) is 9.36. The molecule has 0 saturated heterocycles. The van der Waals surface area contributed by atoms with Gasteiger partial charge >= 0.3 is 0 Å². The molecule has 0 aromatic rings. The van der Waals surface area contributed by atoms with E-state index in [4.69, 9.17) is 4.43 Å². The minimum Gasteiger partial charge on any atom is -0.417 e. The molecule has 0 aliphatic heterocycles. The molecule has 0 aromatic carbocycles. The van der Waals surface area contributed by atoms with Crippen molar-refractivity contribution in [2.75, 3.05) is 6.61 Å². The molecule has 0 heterocycles. The Morgan fingerprint density at radius 2 is 1.74 bits per heavy atom. The summed E-state index contributed by atoms with van der Waals surface area (Å²) in [5.74, 6) is 0. The molecule has 0 spiro atoms. The van der Waals surface area contributed by atoms with Crippen molar-refractivity contribution >= 4 is 8.32 Å². The van der Waals surface area contributed by atoms with E-state index in [2.05, 4.69) is 52.9 Å². The fraction of sp³-hybridized carbons (Fsp3) is 0.800. The molecular formula is C20H40O2Si. The summed E-state index contributed by atoms with van der Waals surface area (Å²) in [6.45, 7) is 14.5. The van der Waals surface area contributed by atoms with Crippen LogP contribution >= 0.6 is 0 Å². The van der Waals surface area contributed by atoms with Crippen LogP contribution in [0, 0.1) is 0 Å². The topological polar surface area (TPSA) is 29.5 Å². The first-order chi connectivity index (χ1) is 10.7. The highest BCUT2D eigenvalue weighted by Crippen LogP contribution is 2.36. The monoisotopic (exact) mass is 340 g/mol. The zero-order valence-electron chi connectivity index (χ0n) is 16.4. The highest BCUT2D eigenvalue weighted by atomic mass is 28.4. The molecule has 3 heteroatoms. The molecule has 0 saturated carbocycles. The predicted molar refractivity (Wildman–Crippen MR) is 105 cm³/mol. The third kappa shape index (κ3) is 11.7. The van der Waals surface area contributed by atoms with Gasteiger partial charge in [0.2, 0.25) is 0 Å². The van der Waals surface area contributed by atoms with E-state index < -0.39 is 8.32 Å². The van der Waals surface area contributed by atoms with Gasteiger partial charge in [-0.2, -0.15) is 0 Å². The van der Waals surface area contributed by atoms with Crippen LogP contribution in [0.25, 0.3) is 0 Å². The van der Waals surface area contributed by atoms with Crippen LogP contribution in [0.3, 0.4) is 0 Å². The number of hydrogen-bond donors (Lipinski definition) is 1. The Morgan fingerprint density at radius 1 is 1.04 bits per heavy atom. The van der Waals surface area contributed by atoms with Crippen LogP contribution in [-0.4, -0.2) is 26.1 Å². The van der Waals surface area contributed by atoms with Gasteiger partial charge in [0, 0.05) is 6.61 Å². The van der Waals surface area contributed by atoms with Gasteiger partial charge in [0.05, 0.1) is 6.10 Å². The lowest BCUT2D eigenvalue weighted by Crippen LogP contribution is -2.40. The Balaban J connectivity index is 3.69. The molecule has 1 atom stereocenters. The molecule has 0 bridgehead atoms. The summed E-state index contributed by atoms with van der Waals surface area (Å²) in [4.78, 5) is 0. The van der Waals surface area contributed by atoms with E-state index >= 15 is 0 Å². The van der Waals surface area contributed by atoms with Crippen LogP contribution in [0.4, 0.5) is 0 Å². The van der Waals surface area contributed by atoms with E-state index in [1.54, 1.807) is 0 Å². The van der Waals surface area contributed by atoms with E-state index in [9.17, 15) is 5.11 Å². The minimum absolute atomic E-state index is 0.288. The van der Waals surface area contributed by atoms with Crippen LogP contribution in [0.2, 0.25) is 18.1 Å². The zero-order valence-corrected chi connectivity index (χ0v) is 17.4. The third-order valence-corrected chi connectivity index (χ3v) is 9.26. The van der Waals surface area contributed by atoms with Crippen molar-refractivity contribution in [3.63, 3.8) is 0 Å². The maximum absolute atomic E-state index is 9.76. The van der Waals surface area contributed by atoms with Crippen molar-refractivity contribution in [2.45, 2.75) is 96.9 Å². The molecule has 0 rings (SSSR count). The van der Waals surface area contributed by atoms with Crippen molar-refractivity contribution in [1.29, 1.82) is 0 Å².